The van der Waals surface area contributed by atoms with Gasteiger partial charge in [-0.1, -0.05) is 12.1 Å². The molecule has 0 aliphatic carbocycles. The van der Waals surface area contributed by atoms with Gasteiger partial charge < -0.3 is 20.4 Å². The van der Waals surface area contributed by atoms with Gasteiger partial charge in [-0.2, -0.15) is 0 Å². The van der Waals surface area contributed by atoms with Crippen molar-refractivity contribution >= 4 is 17.7 Å². The van der Waals surface area contributed by atoms with E-state index in [0.29, 0.717) is 24.2 Å². The minimum Gasteiger partial charge on any atom is -0.481 e. The second-order valence-corrected chi connectivity index (χ2v) is 4.20. The summed E-state index contributed by atoms with van der Waals surface area (Å²) in [4.78, 5) is 23.8. The largest absolute Gasteiger partial charge is 0.481 e. The predicted octanol–water partition coefficient (Wildman–Crippen LogP) is 1.16. The van der Waals surface area contributed by atoms with Crippen LogP contribution in [0.15, 0.2) is 24.3 Å². The first-order chi connectivity index (χ1) is 9.02. The number of hydrogen-bond donors (Lipinski definition) is 3. The molecule has 3 N–H and O–H groups in total. The fraction of sp³-hybridized carbons (Fsp3) is 0.385. The SMILES string of the molecule is CN(CCCO)C(=O)Nc1cccc(CC(=O)O)c1. The lowest BCUT2D eigenvalue weighted by Gasteiger charge is -2.17. The Hall–Kier alpha value is -2.08. The van der Waals surface area contributed by atoms with E-state index < -0.39 is 5.97 Å². The molecule has 0 aromatic heterocycles. The molecule has 0 saturated carbocycles. The molecular formula is C13H18N2O4. The lowest BCUT2D eigenvalue weighted by atomic mass is 10.1. The molecule has 2 amide bonds. The minimum atomic E-state index is -0.913. The monoisotopic (exact) mass is 266 g/mol. The van der Waals surface area contributed by atoms with Crippen molar-refractivity contribution in [1.29, 1.82) is 0 Å². The van der Waals surface area contributed by atoms with Crippen molar-refractivity contribution in [3.05, 3.63) is 29.8 Å². The van der Waals surface area contributed by atoms with Crippen LogP contribution in [0.5, 0.6) is 0 Å². The number of urea groups is 1. The van der Waals surface area contributed by atoms with E-state index in [-0.39, 0.29) is 19.1 Å². The first kappa shape index (κ1) is 15.0. The molecule has 1 aromatic carbocycles. The standard InChI is InChI=1S/C13H18N2O4/c1-15(6-3-7-16)13(19)14-11-5-2-4-10(8-11)9-12(17)18/h2,4-5,8,16H,3,6-7,9H2,1H3,(H,14,19)(H,17,18). The molecule has 0 saturated heterocycles. The molecule has 104 valence electrons. The third-order valence-corrected chi connectivity index (χ3v) is 2.53. The van der Waals surface area contributed by atoms with E-state index >= 15 is 0 Å². The van der Waals surface area contributed by atoms with Crippen LogP contribution in [-0.4, -0.2) is 47.3 Å². The maximum atomic E-state index is 11.8. The summed E-state index contributed by atoms with van der Waals surface area (Å²) < 4.78 is 0. The van der Waals surface area contributed by atoms with Gasteiger partial charge in [0.05, 0.1) is 6.42 Å². The summed E-state index contributed by atoms with van der Waals surface area (Å²) in [5, 5.41) is 20.1. The molecule has 0 radical (unpaired) electrons. The topological polar surface area (TPSA) is 89.9 Å². The molecule has 19 heavy (non-hydrogen) atoms. The zero-order chi connectivity index (χ0) is 14.3. The summed E-state index contributed by atoms with van der Waals surface area (Å²) in [6, 6.07) is 6.43. The number of benzene rings is 1. The number of nitrogens with zero attached hydrogens (tertiary/aromatic N) is 1. The lowest BCUT2D eigenvalue weighted by molar-refractivity contribution is -0.136. The van der Waals surface area contributed by atoms with Gasteiger partial charge in [0, 0.05) is 25.9 Å². The molecule has 0 spiro atoms. The Morgan fingerprint density at radius 1 is 1.37 bits per heavy atom. The molecule has 6 heteroatoms. The van der Waals surface area contributed by atoms with Gasteiger partial charge in [-0.25, -0.2) is 4.79 Å². The highest BCUT2D eigenvalue weighted by Crippen LogP contribution is 2.12. The Labute approximate surface area is 111 Å². The number of carbonyl (C=O) groups is 2. The maximum absolute atomic E-state index is 11.8. The van der Waals surface area contributed by atoms with Gasteiger partial charge in [0.15, 0.2) is 0 Å². The minimum absolute atomic E-state index is 0.0334. The summed E-state index contributed by atoms with van der Waals surface area (Å²) in [5.41, 5.74) is 1.18. The number of amides is 2. The van der Waals surface area contributed by atoms with Gasteiger partial charge in [-0.15, -0.1) is 0 Å². The number of aliphatic hydroxyl groups is 1. The van der Waals surface area contributed by atoms with Crippen molar-refractivity contribution < 1.29 is 19.8 Å². The highest BCUT2D eigenvalue weighted by molar-refractivity contribution is 5.89. The number of carboxylic acid groups (broad SMARTS) is 1. The molecule has 0 aliphatic rings. The second kappa shape index (κ2) is 7.38. The van der Waals surface area contributed by atoms with E-state index in [1.54, 1.807) is 31.3 Å². The van der Waals surface area contributed by atoms with Gasteiger partial charge in [-0.3, -0.25) is 4.79 Å². The highest BCUT2D eigenvalue weighted by Gasteiger charge is 2.09. The van der Waals surface area contributed by atoms with Crippen LogP contribution in [0.4, 0.5) is 10.5 Å². The number of rotatable bonds is 6. The van der Waals surface area contributed by atoms with Gasteiger partial charge >= 0.3 is 12.0 Å². The molecule has 0 unspecified atom stereocenters. The van der Waals surface area contributed by atoms with Crippen molar-refractivity contribution in [2.75, 3.05) is 25.5 Å². The van der Waals surface area contributed by atoms with Crippen molar-refractivity contribution in [1.82, 2.24) is 4.90 Å². The Balaban J connectivity index is 2.61. The quantitative estimate of drug-likeness (QED) is 0.720. The van der Waals surface area contributed by atoms with Crippen molar-refractivity contribution in [2.24, 2.45) is 0 Å². The maximum Gasteiger partial charge on any atom is 0.321 e. The fourth-order valence-electron chi connectivity index (χ4n) is 1.56. The van der Waals surface area contributed by atoms with Crippen LogP contribution in [0.2, 0.25) is 0 Å². The molecule has 0 bridgehead atoms. The average Bonchev–Trinajstić information content (AvgIpc) is 2.35. The zero-order valence-corrected chi connectivity index (χ0v) is 10.8. The first-order valence-electron chi connectivity index (χ1n) is 5.96. The van der Waals surface area contributed by atoms with E-state index in [2.05, 4.69) is 5.32 Å². The van der Waals surface area contributed by atoms with Gasteiger partial charge in [0.2, 0.25) is 0 Å². The summed E-state index contributed by atoms with van der Waals surface area (Å²) in [6.45, 7) is 0.489. The Bertz CT molecular complexity index is 448. The average molecular weight is 266 g/mol. The molecule has 1 rings (SSSR count). The number of aliphatic hydroxyl groups excluding tert-OH is 1. The molecule has 0 aliphatic heterocycles. The van der Waals surface area contributed by atoms with E-state index in [4.69, 9.17) is 10.2 Å². The van der Waals surface area contributed by atoms with E-state index in [0.717, 1.165) is 0 Å². The molecular weight excluding hydrogens is 248 g/mol. The fourth-order valence-corrected chi connectivity index (χ4v) is 1.56. The third kappa shape index (κ3) is 5.39. The number of nitrogens with one attached hydrogen (secondary N) is 1. The third-order valence-electron chi connectivity index (χ3n) is 2.53. The molecule has 0 heterocycles. The van der Waals surface area contributed by atoms with E-state index in [1.165, 1.54) is 4.90 Å². The Kier molecular flexibility index (Phi) is 5.81. The van der Waals surface area contributed by atoms with Crippen LogP contribution >= 0.6 is 0 Å². The molecule has 0 atom stereocenters. The zero-order valence-electron chi connectivity index (χ0n) is 10.8. The highest BCUT2D eigenvalue weighted by atomic mass is 16.4. The summed E-state index contributed by atoms with van der Waals surface area (Å²) >= 11 is 0. The summed E-state index contributed by atoms with van der Waals surface area (Å²) in [7, 11) is 1.63. The van der Waals surface area contributed by atoms with Crippen LogP contribution in [0.3, 0.4) is 0 Å². The van der Waals surface area contributed by atoms with Crippen LogP contribution in [0.1, 0.15) is 12.0 Å². The van der Waals surface area contributed by atoms with Gasteiger partial charge in [0.1, 0.15) is 0 Å². The Morgan fingerprint density at radius 3 is 2.74 bits per heavy atom. The number of carbonyl (C=O) groups excluding carboxylic acids is 1. The normalized spacial score (nSPS) is 10.0. The number of carboxylic acids is 1. The van der Waals surface area contributed by atoms with E-state index in [9.17, 15) is 9.59 Å². The Morgan fingerprint density at radius 2 is 2.11 bits per heavy atom. The van der Waals surface area contributed by atoms with Gasteiger partial charge in [-0.05, 0) is 24.1 Å². The number of aliphatic carboxylic acids is 1. The van der Waals surface area contributed by atoms with Crippen molar-refractivity contribution in [3.63, 3.8) is 0 Å². The predicted molar refractivity (Wildman–Crippen MR) is 71.1 cm³/mol. The lowest BCUT2D eigenvalue weighted by Crippen LogP contribution is -2.32. The molecule has 6 nitrogen and oxygen atoms in total. The smallest absolute Gasteiger partial charge is 0.321 e. The summed E-state index contributed by atoms with van der Waals surface area (Å²) in [6.07, 6.45) is 0.438. The van der Waals surface area contributed by atoms with Crippen molar-refractivity contribution in [3.8, 4) is 0 Å². The van der Waals surface area contributed by atoms with E-state index in [1.807, 2.05) is 0 Å². The second-order valence-electron chi connectivity index (χ2n) is 4.20. The van der Waals surface area contributed by atoms with Crippen LogP contribution in [-0.2, 0) is 11.2 Å². The summed E-state index contributed by atoms with van der Waals surface area (Å²) in [5.74, 6) is -0.913. The van der Waals surface area contributed by atoms with Crippen LogP contribution < -0.4 is 5.32 Å². The molecule has 0 fully saturated rings. The van der Waals surface area contributed by atoms with Gasteiger partial charge in [0.25, 0.3) is 0 Å². The number of hydrogen-bond acceptors (Lipinski definition) is 3. The number of anilines is 1. The first-order valence-corrected chi connectivity index (χ1v) is 5.96. The van der Waals surface area contributed by atoms with Crippen molar-refractivity contribution in [2.45, 2.75) is 12.8 Å². The van der Waals surface area contributed by atoms with Crippen LogP contribution in [0.25, 0.3) is 0 Å². The molecule has 1 aromatic rings. The van der Waals surface area contributed by atoms with Crippen LogP contribution in [0, 0.1) is 0 Å².